The topological polar surface area (TPSA) is 29.5 Å². The highest BCUT2D eigenvalue weighted by molar-refractivity contribution is 9.10. The minimum Gasteiger partial charge on any atom is -0.390 e. The maximum Gasteiger partial charge on any atom is 0.0843 e. The summed E-state index contributed by atoms with van der Waals surface area (Å²) in [6, 6.07) is 0. The van der Waals surface area contributed by atoms with E-state index < -0.39 is 0 Å². The standard InChI is InChI=1S/C11H15BrO2S/c1-6-10(11(12)7(2)15-6)8-3-4-14-5-9(8)13/h8-9,13H,3-5H2,1-2H3/t8-,9-/m1/s1. The Balaban J connectivity index is 2.35. The third-order valence-electron chi connectivity index (χ3n) is 2.93. The molecule has 1 aromatic rings. The van der Waals surface area contributed by atoms with Crippen LogP contribution in [0.15, 0.2) is 4.47 Å². The largest absolute Gasteiger partial charge is 0.390 e. The zero-order valence-electron chi connectivity index (χ0n) is 8.92. The predicted octanol–water partition coefficient (Wildman–Crippen LogP) is 2.99. The lowest BCUT2D eigenvalue weighted by Crippen LogP contribution is -2.30. The van der Waals surface area contributed by atoms with Crippen molar-refractivity contribution in [2.45, 2.75) is 32.3 Å². The second kappa shape index (κ2) is 4.53. The van der Waals surface area contributed by atoms with Gasteiger partial charge in [0.25, 0.3) is 0 Å². The van der Waals surface area contributed by atoms with E-state index in [1.807, 2.05) is 0 Å². The second-order valence-corrected chi connectivity index (χ2v) is 6.20. The average Bonchev–Trinajstić information content (AvgIpc) is 2.43. The molecule has 1 saturated heterocycles. The molecule has 84 valence electrons. The number of rotatable bonds is 1. The van der Waals surface area contributed by atoms with E-state index in [4.69, 9.17) is 4.74 Å². The first kappa shape index (κ1) is 11.6. The van der Waals surface area contributed by atoms with Crippen molar-refractivity contribution in [1.29, 1.82) is 0 Å². The first-order chi connectivity index (χ1) is 7.11. The van der Waals surface area contributed by atoms with E-state index in [-0.39, 0.29) is 12.0 Å². The Bertz CT molecular complexity index is 362. The molecule has 1 fully saturated rings. The lowest BCUT2D eigenvalue weighted by molar-refractivity contribution is -0.0206. The van der Waals surface area contributed by atoms with E-state index >= 15 is 0 Å². The van der Waals surface area contributed by atoms with Crippen LogP contribution in [0.4, 0.5) is 0 Å². The van der Waals surface area contributed by atoms with Crippen LogP contribution in [0.5, 0.6) is 0 Å². The van der Waals surface area contributed by atoms with Crippen LogP contribution in [-0.2, 0) is 4.74 Å². The van der Waals surface area contributed by atoms with Crippen molar-refractivity contribution < 1.29 is 9.84 Å². The van der Waals surface area contributed by atoms with Crippen molar-refractivity contribution in [3.8, 4) is 0 Å². The van der Waals surface area contributed by atoms with Gasteiger partial charge in [-0.25, -0.2) is 0 Å². The number of aliphatic hydroxyl groups is 1. The third-order valence-corrected chi connectivity index (χ3v) is 5.25. The highest BCUT2D eigenvalue weighted by Gasteiger charge is 2.29. The summed E-state index contributed by atoms with van der Waals surface area (Å²) >= 11 is 5.42. The maximum atomic E-state index is 9.94. The number of hydrogen-bond acceptors (Lipinski definition) is 3. The van der Waals surface area contributed by atoms with Crippen LogP contribution >= 0.6 is 27.3 Å². The van der Waals surface area contributed by atoms with Crippen molar-refractivity contribution in [2.75, 3.05) is 13.2 Å². The molecule has 1 aromatic heterocycles. The Morgan fingerprint density at radius 2 is 2.13 bits per heavy atom. The second-order valence-electron chi connectivity index (χ2n) is 3.98. The normalized spacial score (nSPS) is 26.9. The van der Waals surface area contributed by atoms with Crippen LogP contribution in [0.3, 0.4) is 0 Å². The van der Waals surface area contributed by atoms with Crippen LogP contribution in [0.2, 0.25) is 0 Å². The number of halogens is 1. The van der Waals surface area contributed by atoms with Crippen molar-refractivity contribution >= 4 is 27.3 Å². The monoisotopic (exact) mass is 290 g/mol. The van der Waals surface area contributed by atoms with Crippen LogP contribution in [0, 0.1) is 13.8 Å². The summed E-state index contributed by atoms with van der Waals surface area (Å²) in [6.45, 7) is 5.45. The average molecular weight is 291 g/mol. The zero-order chi connectivity index (χ0) is 11.0. The van der Waals surface area contributed by atoms with E-state index in [0.29, 0.717) is 6.61 Å². The molecule has 0 unspecified atom stereocenters. The lowest BCUT2D eigenvalue weighted by Gasteiger charge is -2.28. The van der Waals surface area contributed by atoms with Gasteiger partial charge in [0, 0.05) is 26.8 Å². The SMILES string of the molecule is Cc1sc(C)c([C@@H]2CCOC[C@H]2O)c1Br. The van der Waals surface area contributed by atoms with Crippen LogP contribution < -0.4 is 0 Å². The summed E-state index contributed by atoms with van der Waals surface area (Å²) < 4.78 is 6.43. The van der Waals surface area contributed by atoms with Crippen molar-refractivity contribution in [3.63, 3.8) is 0 Å². The van der Waals surface area contributed by atoms with Gasteiger partial charge in [0.2, 0.25) is 0 Å². The molecule has 0 amide bonds. The molecule has 0 bridgehead atoms. The van der Waals surface area contributed by atoms with E-state index in [1.165, 1.54) is 19.8 Å². The maximum absolute atomic E-state index is 9.94. The highest BCUT2D eigenvalue weighted by atomic mass is 79.9. The third kappa shape index (κ3) is 2.13. The smallest absolute Gasteiger partial charge is 0.0843 e. The fourth-order valence-corrected chi connectivity index (χ4v) is 4.14. The Kier molecular flexibility index (Phi) is 3.50. The van der Waals surface area contributed by atoms with Gasteiger partial charge in [-0.15, -0.1) is 11.3 Å². The van der Waals surface area contributed by atoms with Gasteiger partial charge in [0.15, 0.2) is 0 Å². The number of aryl methyl sites for hydroxylation is 2. The fourth-order valence-electron chi connectivity index (χ4n) is 2.16. The number of ether oxygens (including phenoxy) is 1. The predicted molar refractivity (Wildman–Crippen MR) is 65.7 cm³/mol. The molecule has 0 spiro atoms. The minimum absolute atomic E-state index is 0.234. The summed E-state index contributed by atoms with van der Waals surface area (Å²) in [5.41, 5.74) is 1.29. The molecule has 2 nitrogen and oxygen atoms in total. The summed E-state index contributed by atoms with van der Waals surface area (Å²) in [4.78, 5) is 2.60. The van der Waals surface area contributed by atoms with E-state index in [9.17, 15) is 5.11 Å². The zero-order valence-corrected chi connectivity index (χ0v) is 11.3. The van der Waals surface area contributed by atoms with Crippen molar-refractivity contribution in [1.82, 2.24) is 0 Å². The molecule has 0 aromatic carbocycles. The van der Waals surface area contributed by atoms with E-state index in [0.717, 1.165) is 13.0 Å². The van der Waals surface area contributed by atoms with Crippen LogP contribution in [0.1, 0.15) is 27.7 Å². The molecule has 15 heavy (non-hydrogen) atoms. The van der Waals surface area contributed by atoms with Crippen LogP contribution in [0.25, 0.3) is 0 Å². The molecule has 2 rings (SSSR count). The summed E-state index contributed by atoms with van der Waals surface area (Å²) in [7, 11) is 0. The van der Waals surface area contributed by atoms with Crippen LogP contribution in [-0.4, -0.2) is 24.4 Å². The van der Waals surface area contributed by atoms with Gasteiger partial charge in [0.05, 0.1) is 12.7 Å². The van der Waals surface area contributed by atoms with Gasteiger partial charge >= 0.3 is 0 Å². The molecule has 2 atom stereocenters. The molecule has 1 N–H and O–H groups in total. The molecule has 0 aliphatic carbocycles. The van der Waals surface area contributed by atoms with Gasteiger partial charge in [-0.3, -0.25) is 0 Å². The molecule has 1 aliphatic rings. The van der Waals surface area contributed by atoms with Gasteiger partial charge in [-0.2, -0.15) is 0 Å². The molecule has 0 saturated carbocycles. The highest BCUT2D eigenvalue weighted by Crippen LogP contribution is 2.40. The van der Waals surface area contributed by atoms with E-state index in [1.54, 1.807) is 11.3 Å². The summed E-state index contributed by atoms with van der Waals surface area (Å²) in [5.74, 6) is 0.234. The fraction of sp³-hybridized carbons (Fsp3) is 0.636. The Morgan fingerprint density at radius 3 is 2.67 bits per heavy atom. The van der Waals surface area contributed by atoms with Gasteiger partial charge in [-0.05, 0) is 41.8 Å². The van der Waals surface area contributed by atoms with E-state index in [2.05, 4.69) is 29.8 Å². The molecular formula is C11H15BrO2S. The van der Waals surface area contributed by atoms with Gasteiger partial charge < -0.3 is 9.84 Å². The number of aliphatic hydroxyl groups excluding tert-OH is 1. The molecule has 4 heteroatoms. The first-order valence-corrected chi connectivity index (χ1v) is 6.73. The van der Waals surface area contributed by atoms with Crippen molar-refractivity contribution in [3.05, 3.63) is 19.8 Å². The number of hydrogen-bond donors (Lipinski definition) is 1. The first-order valence-electron chi connectivity index (χ1n) is 5.12. The van der Waals surface area contributed by atoms with Crippen molar-refractivity contribution in [2.24, 2.45) is 0 Å². The summed E-state index contributed by atoms with van der Waals surface area (Å²) in [5, 5.41) is 9.94. The van der Waals surface area contributed by atoms with Gasteiger partial charge in [0.1, 0.15) is 0 Å². The minimum atomic E-state index is -0.359. The number of thiophene rings is 1. The Labute approximate surface area is 102 Å². The molecule has 1 aliphatic heterocycles. The Morgan fingerprint density at radius 1 is 1.40 bits per heavy atom. The molecule has 2 heterocycles. The molecule has 0 radical (unpaired) electrons. The quantitative estimate of drug-likeness (QED) is 0.862. The lowest BCUT2D eigenvalue weighted by atomic mass is 9.89. The molecular weight excluding hydrogens is 276 g/mol. The Hall–Kier alpha value is 0.100. The van der Waals surface area contributed by atoms with Gasteiger partial charge in [-0.1, -0.05) is 0 Å². The summed E-state index contributed by atoms with van der Waals surface area (Å²) in [6.07, 6.45) is 0.555.